The quantitative estimate of drug-likeness (QED) is 0.380. The molecule has 7 nitrogen and oxygen atoms in total. The number of unbranched alkanes of at least 4 members (excludes halogenated alkanes) is 1. The maximum absolute atomic E-state index is 12.3. The number of ether oxygens (including phenoxy) is 1. The highest BCUT2D eigenvalue weighted by Crippen LogP contribution is 2.20. The number of carbonyl (C=O) groups is 2. The normalized spacial score (nSPS) is 11.6. The summed E-state index contributed by atoms with van der Waals surface area (Å²) in [6.45, 7) is 4.53. The Kier molecular flexibility index (Phi) is 6.91. The van der Waals surface area contributed by atoms with Crippen molar-refractivity contribution in [2.45, 2.75) is 32.7 Å². The number of benzene rings is 1. The van der Waals surface area contributed by atoms with Crippen LogP contribution in [0.2, 0.25) is 0 Å². The maximum atomic E-state index is 12.3. The van der Waals surface area contributed by atoms with E-state index in [1.165, 1.54) is 6.20 Å². The van der Waals surface area contributed by atoms with Crippen LogP contribution in [0.15, 0.2) is 30.5 Å². The molecule has 1 unspecified atom stereocenters. The van der Waals surface area contributed by atoms with Gasteiger partial charge in [-0.05, 0) is 37.6 Å². The molecular weight excluding hydrogens is 342 g/mol. The molecule has 25 heavy (non-hydrogen) atoms. The summed E-state index contributed by atoms with van der Waals surface area (Å²) in [5, 5.41) is 12.0. The minimum atomic E-state index is -0.624. The predicted molar refractivity (Wildman–Crippen MR) is 94.1 cm³/mol. The van der Waals surface area contributed by atoms with Gasteiger partial charge in [-0.2, -0.15) is 0 Å². The second-order valence-corrected chi connectivity index (χ2v) is 6.49. The van der Waals surface area contributed by atoms with Gasteiger partial charge in [-0.25, -0.2) is 10.5 Å². The lowest BCUT2D eigenvalue weighted by molar-refractivity contribution is 0.0710. The topological polar surface area (TPSA) is 101 Å². The summed E-state index contributed by atoms with van der Waals surface area (Å²) in [6, 6.07) is 6.58. The molecule has 0 bridgehead atoms. The predicted octanol–water partition coefficient (Wildman–Crippen LogP) is 2.93. The van der Waals surface area contributed by atoms with Crippen LogP contribution in [0.5, 0.6) is 5.75 Å². The molecule has 1 atom stereocenters. The van der Waals surface area contributed by atoms with E-state index in [2.05, 4.69) is 17.2 Å². The third-order valence-electron chi connectivity index (χ3n) is 3.45. The molecule has 1 aromatic heterocycles. The van der Waals surface area contributed by atoms with Gasteiger partial charge in [0.05, 0.1) is 18.8 Å². The number of carbonyl (C=O) groups excluding carboxylic acids is 2. The molecule has 134 valence electrons. The van der Waals surface area contributed by atoms with Crippen LogP contribution < -0.4 is 15.5 Å². The minimum Gasteiger partial charge on any atom is -0.494 e. The minimum absolute atomic E-state index is 0.240. The number of aromatic nitrogens is 1. The van der Waals surface area contributed by atoms with E-state index in [-0.39, 0.29) is 16.8 Å². The second kappa shape index (κ2) is 9.14. The van der Waals surface area contributed by atoms with Crippen molar-refractivity contribution in [3.05, 3.63) is 45.9 Å². The van der Waals surface area contributed by atoms with Crippen LogP contribution in [-0.2, 0) is 0 Å². The summed E-state index contributed by atoms with van der Waals surface area (Å²) >= 11 is 1.11. The van der Waals surface area contributed by atoms with Crippen LogP contribution in [0.3, 0.4) is 0 Å². The number of thiazole rings is 1. The zero-order chi connectivity index (χ0) is 18.2. The molecule has 0 aliphatic rings. The maximum Gasteiger partial charge on any atom is 0.286 e. The first-order valence-corrected chi connectivity index (χ1v) is 8.80. The Hall–Kier alpha value is -2.45. The van der Waals surface area contributed by atoms with E-state index in [4.69, 9.17) is 9.94 Å². The number of hydroxylamine groups is 1. The Balaban J connectivity index is 1.94. The number of hydrogen-bond acceptors (Lipinski definition) is 6. The molecule has 0 saturated heterocycles. The van der Waals surface area contributed by atoms with E-state index >= 15 is 0 Å². The van der Waals surface area contributed by atoms with E-state index in [1.54, 1.807) is 36.7 Å². The highest BCUT2D eigenvalue weighted by Gasteiger charge is 2.17. The van der Waals surface area contributed by atoms with Gasteiger partial charge in [0.15, 0.2) is 0 Å². The van der Waals surface area contributed by atoms with Crippen molar-refractivity contribution in [1.82, 2.24) is 15.8 Å². The monoisotopic (exact) mass is 363 g/mol. The summed E-state index contributed by atoms with van der Waals surface area (Å²) < 4.78 is 5.57. The standard InChI is InChI=1S/C17H21N3O4S/c1-3-4-9-24-13-7-5-12(6-8-13)15(21)19-11(2)17-18-10-14(25-17)16(22)20-23/h5-8,10-11,23H,3-4,9H2,1-2H3,(H,19,21)(H,20,22). The van der Waals surface area contributed by atoms with Gasteiger partial charge in [0.25, 0.3) is 11.8 Å². The summed E-state index contributed by atoms with van der Waals surface area (Å²) in [6.07, 6.45) is 3.41. The number of amides is 2. The number of hydrogen-bond donors (Lipinski definition) is 3. The molecular formula is C17H21N3O4S. The lowest BCUT2D eigenvalue weighted by Gasteiger charge is -2.12. The molecule has 0 aliphatic carbocycles. The van der Waals surface area contributed by atoms with Gasteiger partial charge in [-0.15, -0.1) is 11.3 Å². The Morgan fingerprint density at radius 3 is 2.64 bits per heavy atom. The second-order valence-electron chi connectivity index (χ2n) is 5.43. The van der Waals surface area contributed by atoms with Crippen molar-refractivity contribution in [3.63, 3.8) is 0 Å². The van der Waals surface area contributed by atoms with Gasteiger partial charge in [-0.3, -0.25) is 14.8 Å². The summed E-state index contributed by atoms with van der Waals surface area (Å²) in [4.78, 5) is 28.0. The molecule has 8 heteroatoms. The van der Waals surface area contributed by atoms with Crippen molar-refractivity contribution < 1.29 is 19.5 Å². The van der Waals surface area contributed by atoms with Crippen molar-refractivity contribution in [2.24, 2.45) is 0 Å². The van der Waals surface area contributed by atoms with Crippen molar-refractivity contribution >= 4 is 23.2 Å². The number of nitrogens with zero attached hydrogens (tertiary/aromatic N) is 1. The van der Waals surface area contributed by atoms with Crippen LogP contribution in [0.1, 0.15) is 57.8 Å². The van der Waals surface area contributed by atoms with Gasteiger partial charge < -0.3 is 10.1 Å². The Morgan fingerprint density at radius 2 is 2.00 bits per heavy atom. The van der Waals surface area contributed by atoms with Crippen LogP contribution in [0.4, 0.5) is 0 Å². The highest BCUT2D eigenvalue weighted by molar-refractivity contribution is 7.13. The molecule has 2 aromatic rings. The van der Waals surface area contributed by atoms with Crippen molar-refractivity contribution in [1.29, 1.82) is 0 Å². The van der Waals surface area contributed by atoms with Crippen LogP contribution in [0.25, 0.3) is 0 Å². The molecule has 1 heterocycles. The van der Waals surface area contributed by atoms with Crippen LogP contribution >= 0.6 is 11.3 Å². The lowest BCUT2D eigenvalue weighted by atomic mass is 10.2. The molecule has 2 amide bonds. The van der Waals surface area contributed by atoms with E-state index in [9.17, 15) is 9.59 Å². The summed E-state index contributed by atoms with van der Waals surface area (Å²) in [5.41, 5.74) is 2.07. The van der Waals surface area contributed by atoms with Gasteiger partial charge in [0.2, 0.25) is 0 Å². The molecule has 3 N–H and O–H groups in total. The molecule has 0 radical (unpaired) electrons. The third kappa shape index (κ3) is 5.27. The van der Waals surface area contributed by atoms with Gasteiger partial charge >= 0.3 is 0 Å². The molecule has 0 fully saturated rings. The fraction of sp³-hybridized carbons (Fsp3) is 0.353. The van der Waals surface area contributed by atoms with Gasteiger partial charge in [0, 0.05) is 5.56 Å². The first-order valence-electron chi connectivity index (χ1n) is 7.99. The fourth-order valence-corrected chi connectivity index (χ4v) is 2.84. The van der Waals surface area contributed by atoms with E-state index < -0.39 is 5.91 Å². The molecule has 0 spiro atoms. The largest absolute Gasteiger partial charge is 0.494 e. The Labute approximate surface area is 150 Å². The van der Waals surface area contributed by atoms with E-state index in [0.29, 0.717) is 17.2 Å². The van der Waals surface area contributed by atoms with Gasteiger partial charge in [0.1, 0.15) is 15.6 Å². The van der Waals surface area contributed by atoms with Crippen LogP contribution in [-0.4, -0.2) is 28.6 Å². The highest BCUT2D eigenvalue weighted by atomic mass is 32.1. The van der Waals surface area contributed by atoms with Crippen molar-refractivity contribution in [3.8, 4) is 5.75 Å². The molecule has 0 aliphatic heterocycles. The SMILES string of the molecule is CCCCOc1ccc(C(=O)NC(C)c2ncc(C(=O)NO)s2)cc1. The smallest absolute Gasteiger partial charge is 0.286 e. The number of rotatable bonds is 8. The average Bonchev–Trinajstić information content (AvgIpc) is 3.12. The van der Waals surface area contributed by atoms with Crippen molar-refractivity contribution in [2.75, 3.05) is 6.61 Å². The zero-order valence-electron chi connectivity index (χ0n) is 14.1. The van der Waals surface area contributed by atoms with E-state index in [1.807, 2.05) is 0 Å². The first-order chi connectivity index (χ1) is 12.0. The van der Waals surface area contributed by atoms with E-state index in [0.717, 1.165) is 29.9 Å². The zero-order valence-corrected chi connectivity index (χ0v) is 14.9. The third-order valence-corrected chi connectivity index (χ3v) is 4.63. The van der Waals surface area contributed by atoms with Crippen LogP contribution in [0, 0.1) is 0 Å². The Morgan fingerprint density at radius 1 is 1.28 bits per heavy atom. The molecule has 0 saturated carbocycles. The first kappa shape index (κ1) is 18.9. The Bertz CT molecular complexity index is 715. The average molecular weight is 363 g/mol. The molecule has 2 rings (SSSR count). The molecule has 1 aromatic carbocycles. The fourth-order valence-electron chi connectivity index (χ4n) is 2.03. The lowest BCUT2D eigenvalue weighted by Crippen LogP contribution is -2.26. The number of nitrogens with one attached hydrogen (secondary N) is 2. The summed E-state index contributed by atoms with van der Waals surface area (Å²) in [7, 11) is 0. The summed E-state index contributed by atoms with van der Waals surface area (Å²) in [5.74, 6) is -0.130. The van der Waals surface area contributed by atoms with Gasteiger partial charge in [-0.1, -0.05) is 13.3 Å².